The molecule has 0 amide bonds. The number of benzene rings is 3. The van der Waals surface area contributed by atoms with E-state index in [0.29, 0.717) is 40.1 Å². The van der Waals surface area contributed by atoms with Gasteiger partial charge in [-0.3, -0.25) is 9.36 Å². The quantitative estimate of drug-likeness (QED) is 0.443. The van der Waals surface area contributed by atoms with E-state index in [9.17, 15) is 9.59 Å². The first-order valence-corrected chi connectivity index (χ1v) is 9.60. The number of methoxy groups -OCH3 is 1. The molecule has 0 fully saturated rings. The largest absolute Gasteiger partial charge is 0.489 e. The zero-order valence-electron chi connectivity index (χ0n) is 16.8. The van der Waals surface area contributed by atoms with Crippen LogP contribution in [0, 0.1) is 6.92 Å². The van der Waals surface area contributed by atoms with Gasteiger partial charge < -0.3 is 9.47 Å². The van der Waals surface area contributed by atoms with Crippen molar-refractivity contribution in [1.29, 1.82) is 0 Å². The Kier molecular flexibility index (Phi) is 5.35. The molecule has 5 heteroatoms. The van der Waals surface area contributed by atoms with Crippen molar-refractivity contribution in [2.24, 2.45) is 0 Å². The minimum Gasteiger partial charge on any atom is -0.489 e. The molecule has 0 saturated carbocycles. The Bertz CT molecular complexity index is 1210. The van der Waals surface area contributed by atoms with Crippen LogP contribution in [0.5, 0.6) is 5.75 Å². The number of fused-ring (bicyclic) bond motifs is 1. The van der Waals surface area contributed by atoms with E-state index in [4.69, 9.17) is 9.47 Å². The summed E-state index contributed by atoms with van der Waals surface area (Å²) in [6, 6.07) is 24.2. The van der Waals surface area contributed by atoms with Gasteiger partial charge in [0.2, 0.25) is 0 Å². The summed E-state index contributed by atoms with van der Waals surface area (Å²) in [7, 11) is 1.34. The van der Waals surface area contributed by atoms with Crippen LogP contribution in [0.15, 0.2) is 78.9 Å². The van der Waals surface area contributed by atoms with Gasteiger partial charge in [0.15, 0.2) is 0 Å². The van der Waals surface area contributed by atoms with Crippen molar-refractivity contribution in [3.05, 3.63) is 101 Å². The molecule has 5 nitrogen and oxygen atoms in total. The van der Waals surface area contributed by atoms with E-state index in [1.54, 1.807) is 35.8 Å². The lowest BCUT2D eigenvalue weighted by Crippen LogP contribution is -2.14. The Balaban J connectivity index is 1.63. The molecule has 0 aliphatic rings. The van der Waals surface area contributed by atoms with Crippen molar-refractivity contribution in [3.63, 3.8) is 0 Å². The molecule has 1 heterocycles. The molecule has 0 spiro atoms. The Morgan fingerprint density at radius 3 is 2.23 bits per heavy atom. The number of para-hydroxylation sites is 1. The van der Waals surface area contributed by atoms with Crippen LogP contribution in [0.2, 0.25) is 0 Å². The van der Waals surface area contributed by atoms with E-state index < -0.39 is 5.97 Å². The summed E-state index contributed by atoms with van der Waals surface area (Å²) in [4.78, 5) is 25.6. The molecule has 0 N–H and O–H groups in total. The maximum Gasteiger partial charge on any atom is 0.340 e. The average Bonchev–Trinajstić information content (AvgIpc) is 3.09. The first kappa shape index (κ1) is 19.5. The van der Waals surface area contributed by atoms with Crippen LogP contribution in [-0.4, -0.2) is 23.6 Å². The van der Waals surface area contributed by atoms with Gasteiger partial charge in [0, 0.05) is 16.6 Å². The van der Waals surface area contributed by atoms with Crippen molar-refractivity contribution in [3.8, 4) is 5.75 Å². The Labute approximate surface area is 174 Å². The highest BCUT2D eigenvalue weighted by Gasteiger charge is 2.24. The fraction of sp³-hybridized carbons (Fsp3) is 0.120. The van der Waals surface area contributed by atoms with E-state index in [1.165, 1.54) is 7.11 Å². The predicted octanol–water partition coefficient (Wildman–Crippen LogP) is 5.00. The van der Waals surface area contributed by atoms with Gasteiger partial charge >= 0.3 is 5.97 Å². The molecular weight excluding hydrogens is 378 g/mol. The zero-order valence-corrected chi connectivity index (χ0v) is 16.8. The standard InChI is InChI=1S/C25H21NO4/c1-17-23(25(28)29-2)21-10-6-7-11-22(21)26(17)24(27)19-12-14-20(15-13-19)30-16-18-8-4-3-5-9-18/h3-15H,16H2,1-2H3. The molecule has 150 valence electrons. The number of hydrogen-bond acceptors (Lipinski definition) is 4. The number of carbonyl (C=O) groups is 2. The van der Waals surface area contributed by atoms with Crippen molar-refractivity contribution >= 4 is 22.8 Å². The van der Waals surface area contributed by atoms with Gasteiger partial charge in [-0.05, 0) is 42.8 Å². The molecule has 0 bridgehead atoms. The number of esters is 1. The third kappa shape index (κ3) is 3.57. The number of nitrogens with zero attached hydrogens (tertiary/aromatic N) is 1. The second-order valence-corrected chi connectivity index (χ2v) is 6.91. The SMILES string of the molecule is COC(=O)c1c(C)n(C(=O)c2ccc(OCc3ccccc3)cc2)c2ccccc12. The summed E-state index contributed by atoms with van der Waals surface area (Å²) < 4.78 is 12.3. The number of carbonyl (C=O) groups excluding carboxylic acids is 2. The van der Waals surface area contributed by atoms with E-state index in [-0.39, 0.29) is 5.91 Å². The van der Waals surface area contributed by atoms with E-state index >= 15 is 0 Å². The topological polar surface area (TPSA) is 57.5 Å². The number of aromatic nitrogens is 1. The highest BCUT2D eigenvalue weighted by Crippen LogP contribution is 2.28. The second kappa shape index (κ2) is 8.25. The maximum absolute atomic E-state index is 13.3. The highest BCUT2D eigenvalue weighted by atomic mass is 16.5. The fourth-order valence-electron chi connectivity index (χ4n) is 3.55. The predicted molar refractivity (Wildman–Crippen MR) is 115 cm³/mol. The van der Waals surface area contributed by atoms with E-state index in [2.05, 4.69) is 0 Å². The molecule has 0 saturated heterocycles. The summed E-state index contributed by atoms with van der Waals surface area (Å²) in [6.07, 6.45) is 0. The number of hydrogen-bond donors (Lipinski definition) is 0. The summed E-state index contributed by atoms with van der Waals surface area (Å²) >= 11 is 0. The van der Waals surface area contributed by atoms with E-state index in [1.807, 2.05) is 54.6 Å². The van der Waals surface area contributed by atoms with Gasteiger partial charge in [-0.2, -0.15) is 0 Å². The van der Waals surface area contributed by atoms with Crippen LogP contribution in [0.25, 0.3) is 10.9 Å². The van der Waals surface area contributed by atoms with Crippen molar-refractivity contribution in [2.75, 3.05) is 7.11 Å². The second-order valence-electron chi connectivity index (χ2n) is 6.91. The molecule has 1 aromatic heterocycles. The molecule has 0 aliphatic heterocycles. The highest BCUT2D eigenvalue weighted by molar-refractivity contribution is 6.11. The van der Waals surface area contributed by atoms with Gasteiger partial charge in [0.25, 0.3) is 5.91 Å². The van der Waals surface area contributed by atoms with Crippen molar-refractivity contribution < 1.29 is 19.1 Å². The minimum absolute atomic E-state index is 0.214. The smallest absolute Gasteiger partial charge is 0.340 e. The minimum atomic E-state index is -0.458. The number of ether oxygens (including phenoxy) is 2. The molecule has 0 radical (unpaired) electrons. The molecular formula is C25H21NO4. The number of rotatable bonds is 5. The molecule has 0 unspecified atom stereocenters. The average molecular weight is 399 g/mol. The fourth-order valence-corrected chi connectivity index (χ4v) is 3.55. The first-order valence-electron chi connectivity index (χ1n) is 9.60. The summed E-state index contributed by atoms with van der Waals surface area (Å²) in [5.41, 5.74) is 3.20. The molecule has 0 aliphatic carbocycles. The van der Waals surface area contributed by atoms with Gasteiger partial charge in [-0.25, -0.2) is 4.79 Å². The molecule has 4 aromatic rings. The summed E-state index contributed by atoms with van der Waals surface area (Å²) in [5.74, 6) is 0.00751. The summed E-state index contributed by atoms with van der Waals surface area (Å²) in [5, 5.41) is 0.693. The van der Waals surface area contributed by atoms with Crippen LogP contribution >= 0.6 is 0 Å². The lowest BCUT2D eigenvalue weighted by Gasteiger charge is -2.09. The first-order chi connectivity index (χ1) is 14.6. The van der Waals surface area contributed by atoms with Crippen LogP contribution < -0.4 is 4.74 Å². The van der Waals surface area contributed by atoms with Gasteiger partial charge in [0.05, 0.1) is 18.2 Å². The summed E-state index contributed by atoms with van der Waals surface area (Å²) in [6.45, 7) is 2.21. The lowest BCUT2D eigenvalue weighted by atomic mass is 10.1. The lowest BCUT2D eigenvalue weighted by molar-refractivity contribution is 0.0602. The van der Waals surface area contributed by atoms with E-state index in [0.717, 1.165) is 5.56 Å². The zero-order chi connectivity index (χ0) is 21.1. The van der Waals surface area contributed by atoms with Crippen molar-refractivity contribution in [1.82, 2.24) is 4.57 Å². The molecule has 30 heavy (non-hydrogen) atoms. The van der Waals surface area contributed by atoms with Crippen LogP contribution in [0.3, 0.4) is 0 Å². The van der Waals surface area contributed by atoms with Crippen LogP contribution in [-0.2, 0) is 11.3 Å². The van der Waals surface area contributed by atoms with Crippen LogP contribution in [0.4, 0.5) is 0 Å². The monoisotopic (exact) mass is 399 g/mol. The maximum atomic E-state index is 13.3. The normalized spacial score (nSPS) is 10.7. The molecule has 4 rings (SSSR count). The molecule has 0 atom stereocenters. The van der Waals surface area contributed by atoms with Gasteiger partial charge in [0.1, 0.15) is 12.4 Å². The Hall–Kier alpha value is -3.86. The third-order valence-electron chi connectivity index (χ3n) is 5.05. The van der Waals surface area contributed by atoms with Crippen molar-refractivity contribution in [2.45, 2.75) is 13.5 Å². The van der Waals surface area contributed by atoms with Gasteiger partial charge in [-0.1, -0.05) is 48.5 Å². The van der Waals surface area contributed by atoms with Crippen LogP contribution in [0.1, 0.15) is 32.0 Å². The van der Waals surface area contributed by atoms with Gasteiger partial charge in [-0.15, -0.1) is 0 Å². The Morgan fingerprint density at radius 2 is 1.53 bits per heavy atom. The Morgan fingerprint density at radius 1 is 0.867 bits per heavy atom. The third-order valence-corrected chi connectivity index (χ3v) is 5.05. The molecule has 3 aromatic carbocycles.